The van der Waals surface area contributed by atoms with Gasteiger partial charge < -0.3 is 0 Å². The van der Waals surface area contributed by atoms with Gasteiger partial charge in [-0.15, -0.1) is 0 Å². The fourth-order valence-corrected chi connectivity index (χ4v) is 0.316. The first-order valence-corrected chi connectivity index (χ1v) is 2.45. The quantitative estimate of drug-likeness (QED) is 0.498. The maximum atomic E-state index is 11.2. The van der Waals surface area contributed by atoms with Crippen molar-refractivity contribution in [1.82, 2.24) is 0 Å². The number of carbonyl (C=O) groups excluding carboxylic acids is 1. The van der Waals surface area contributed by atoms with E-state index in [1.165, 1.54) is 0 Å². The van der Waals surface area contributed by atoms with Gasteiger partial charge in [-0.3, -0.25) is 4.79 Å². The number of rotatable bonds is 3. The second kappa shape index (κ2) is 3.78. The first-order chi connectivity index (χ1) is 3.27. The van der Waals surface area contributed by atoms with E-state index in [4.69, 9.17) is 0 Å². The van der Waals surface area contributed by atoms with Gasteiger partial charge in [-0.05, 0) is 6.42 Å². The van der Waals surface area contributed by atoms with Crippen LogP contribution in [0.15, 0.2) is 0 Å². The highest BCUT2D eigenvalue weighted by atomic mass is 19.1. The molecule has 0 amide bonds. The van der Waals surface area contributed by atoms with Crippen molar-refractivity contribution in [2.45, 2.75) is 26.2 Å². The first kappa shape index (κ1) is 6.60. The third-order valence-corrected chi connectivity index (χ3v) is 0.727. The number of unbranched alkanes of at least 4 members (excludes halogenated alkanes) is 1. The van der Waals surface area contributed by atoms with Crippen molar-refractivity contribution < 1.29 is 9.18 Å². The second-order valence-electron chi connectivity index (χ2n) is 1.46. The van der Waals surface area contributed by atoms with Gasteiger partial charge in [0.2, 0.25) is 0 Å². The van der Waals surface area contributed by atoms with Crippen LogP contribution in [0, 0.1) is 0 Å². The molecule has 0 aliphatic carbocycles. The van der Waals surface area contributed by atoms with Crippen molar-refractivity contribution in [3.05, 3.63) is 0 Å². The minimum absolute atomic E-state index is 0.0938. The minimum atomic E-state index is -1.19. The van der Waals surface area contributed by atoms with E-state index in [1.54, 1.807) is 0 Å². The minimum Gasteiger partial charge on any atom is -0.261 e. The van der Waals surface area contributed by atoms with Crippen molar-refractivity contribution in [2.75, 3.05) is 0 Å². The third kappa shape index (κ3) is 5.60. The van der Waals surface area contributed by atoms with E-state index in [0.29, 0.717) is 6.42 Å². The van der Waals surface area contributed by atoms with Gasteiger partial charge in [0.15, 0.2) is 0 Å². The van der Waals surface area contributed by atoms with Gasteiger partial charge in [-0.25, -0.2) is 0 Å². The van der Waals surface area contributed by atoms with E-state index in [0.717, 1.165) is 6.42 Å². The zero-order valence-corrected chi connectivity index (χ0v) is 4.41. The fourth-order valence-electron chi connectivity index (χ4n) is 0.316. The molecule has 0 radical (unpaired) electrons. The van der Waals surface area contributed by atoms with Gasteiger partial charge >= 0.3 is 6.04 Å². The summed E-state index contributed by atoms with van der Waals surface area (Å²) in [6.45, 7) is 1.92. The summed E-state index contributed by atoms with van der Waals surface area (Å²) < 4.78 is 11.2. The Balaban J connectivity index is 2.82. The highest BCUT2D eigenvalue weighted by Gasteiger charge is 1.92. The lowest BCUT2D eigenvalue weighted by atomic mass is 10.3. The van der Waals surface area contributed by atoms with E-state index in [-0.39, 0.29) is 6.42 Å². The highest BCUT2D eigenvalue weighted by molar-refractivity contribution is 5.67. The van der Waals surface area contributed by atoms with Crippen LogP contribution in [0.2, 0.25) is 0 Å². The van der Waals surface area contributed by atoms with Crippen LogP contribution in [-0.2, 0) is 4.79 Å². The Morgan fingerprint density at radius 1 is 1.71 bits per heavy atom. The van der Waals surface area contributed by atoms with Crippen LogP contribution in [0.4, 0.5) is 4.39 Å². The van der Waals surface area contributed by atoms with E-state index >= 15 is 0 Å². The summed E-state index contributed by atoms with van der Waals surface area (Å²) in [5.74, 6) is 0. The Hall–Kier alpha value is -0.400. The summed E-state index contributed by atoms with van der Waals surface area (Å²) in [7, 11) is 0. The molecule has 0 fully saturated rings. The largest absolute Gasteiger partial charge is 0.301 e. The lowest BCUT2D eigenvalue weighted by Gasteiger charge is -1.83. The van der Waals surface area contributed by atoms with Crippen molar-refractivity contribution in [3.8, 4) is 0 Å². The first-order valence-electron chi connectivity index (χ1n) is 2.45. The fraction of sp³-hybridized carbons (Fsp3) is 0.800. The van der Waals surface area contributed by atoms with Gasteiger partial charge in [0.05, 0.1) is 0 Å². The molecule has 0 saturated carbocycles. The van der Waals surface area contributed by atoms with Gasteiger partial charge in [-0.1, -0.05) is 13.3 Å². The molecule has 0 N–H and O–H groups in total. The predicted octanol–water partition coefficient (Wildman–Crippen LogP) is 1.67. The molecule has 1 nitrogen and oxygen atoms in total. The van der Waals surface area contributed by atoms with Crippen LogP contribution >= 0.6 is 0 Å². The zero-order chi connectivity index (χ0) is 5.70. The number of hydrogen-bond donors (Lipinski definition) is 0. The molecule has 0 spiro atoms. The predicted molar refractivity (Wildman–Crippen MR) is 25.6 cm³/mol. The van der Waals surface area contributed by atoms with E-state index in [2.05, 4.69) is 0 Å². The molecule has 0 aromatic heterocycles. The van der Waals surface area contributed by atoms with Crippen molar-refractivity contribution in [3.63, 3.8) is 0 Å². The highest BCUT2D eigenvalue weighted by Crippen LogP contribution is 1.94. The summed E-state index contributed by atoms with van der Waals surface area (Å²) in [6, 6.07) is -1.19. The molecule has 0 heterocycles. The molecule has 0 aliphatic heterocycles. The zero-order valence-electron chi connectivity index (χ0n) is 4.41. The van der Waals surface area contributed by atoms with E-state index < -0.39 is 6.04 Å². The Kier molecular flexibility index (Phi) is 3.56. The average molecular weight is 104 g/mol. The van der Waals surface area contributed by atoms with Crippen LogP contribution in [0.3, 0.4) is 0 Å². The summed E-state index contributed by atoms with van der Waals surface area (Å²) in [5.41, 5.74) is 0. The molecule has 0 rings (SSSR count). The lowest BCUT2D eigenvalue weighted by Crippen LogP contribution is -1.84. The van der Waals surface area contributed by atoms with E-state index in [9.17, 15) is 9.18 Å². The molecule has 0 bridgehead atoms. The molecule has 0 aliphatic rings. The van der Waals surface area contributed by atoms with Gasteiger partial charge in [-0.2, -0.15) is 4.39 Å². The number of hydrogen-bond acceptors (Lipinski definition) is 1. The van der Waals surface area contributed by atoms with Crippen molar-refractivity contribution in [1.29, 1.82) is 0 Å². The molecular formula is C5H9FO. The molecule has 0 aromatic carbocycles. The van der Waals surface area contributed by atoms with Crippen LogP contribution in [0.5, 0.6) is 0 Å². The maximum absolute atomic E-state index is 11.2. The van der Waals surface area contributed by atoms with Gasteiger partial charge in [0.1, 0.15) is 0 Å². The Morgan fingerprint density at radius 2 is 2.29 bits per heavy atom. The van der Waals surface area contributed by atoms with Crippen LogP contribution < -0.4 is 0 Å². The average Bonchev–Trinajstić information content (AvgIpc) is 1.61. The second-order valence-corrected chi connectivity index (χ2v) is 1.46. The van der Waals surface area contributed by atoms with Crippen LogP contribution in [0.1, 0.15) is 26.2 Å². The van der Waals surface area contributed by atoms with Crippen LogP contribution in [0.25, 0.3) is 0 Å². The SMILES string of the molecule is CCCCC(=O)F. The third-order valence-electron chi connectivity index (χ3n) is 0.727. The van der Waals surface area contributed by atoms with E-state index in [1.807, 2.05) is 6.92 Å². The van der Waals surface area contributed by atoms with Crippen molar-refractivity contribution in [2.24, 2.45) is 0 Å². The molecule has 0 atom stereocenters. The molecule has 7 heavy (non-hydrogen) atoms. The topological polar surface area (TPSA) is 17.1 Å². The molecule has 42 valence electrons. The monoisotopic (exact) mass is 104 g/mol. The molecule has 0 saturated heterocycles. The smallest absolute Gasteiger partial charge is 0.261 e. The van der Waals surface area contributed by atoms with Gasteiger partial charge in [0, 0.05) is 6.42 Å². The maximum Gasteiger partial charge on any atom is 0.301 e. The number of carbonyl (C=O) groups is 1. The Labute approximate surface area is 42.5 Å². The molecule has 0 aromatic rings. The molecular weight excluding hydrogens is 95.1 g/mol. The van der Waals surface area contributed by atoms with Gasteiger partial charge in [0.25, 0.3) is 0 Å². The Morgan fingerprint density at radius 3 is 2.43 bits per heavy atom. The molecule has 0 unspecified atom stereocenters. The normalized spacial score (nSPS) is 8.86. The summed E-state index contributed by atoms with van der Waals surface area (Å²) >= 11 is 0. The summed E-state index contributed by atoms with van der Waals surface area (Å²) in [6.07, 6.45) is 1.65. The standard InChI is InChI=1S/C5H9FO/c1-2-3-4-5(6)7/h2-4H2,1H3. The number of halogens is 1. The molecule has 2 heteroatoms. The lowest BCUT2D eigenvalue weighted by molar-refractivity contribution is -0.129. The van der Waals surface area contributed by atoms with Crippen molar-refractivity contribution >= 4 is 6.04 Å². The van der Waals surface area contributed by atoms with Crippen LogP contribution in [-0.4, -0.2) is 6.04 Å². The summed E-state index contributed by atoms with van der Waals surface area (Å²) in [4.78, 5) is 9.54. The summed E-state index contributed by atoms with van der Waals surface area (Å²) in [5, 5.41) is 0. The Bertz CT molecular complexity index is 61.1.